The van der Waals surface area contributed by atoms with Gasteiger partial charge in [0, 0.05) is 17.3 Å². The molecule has 0 spiro atoms. The van der Waals surface area contributed by atoms with Crippen molar-refractivity contribution in [2.75, 3.05) is 5.32 Å². The van der Waals surface area contributed by atoms with Crippen LogP contribution in [-0.2, 0) is 10.2 Å². The number of hydrogen-bond acceptors (Lipinski definition) is 2. The zero-order valence-electron chi connectivity index (χ0n) is 15.5. The summed E-state index contributed by atoms with van der Waals surface area (Å²) in [4.78, 5) is 24.8. The fourth-order valence-corrected chi connectivity index (χ4v) is 4.13. The Hall–Kier alpha value is -2.69. The molecule has 2 N–H and O–H groups in total. The van der Waals surface area contributed by atoms with Gasteiger partial charge in [0.1, 0.15) is 5.82 Å². The summed E-state index contributed by atoms with van der Waals surface area (Å²) in [5.41, 5.74) is 2.70. The molecule has 0 radical (unpaired) electrons. The summed E-state index contributed by atoms with van der Waals surface area (Å²) in [7, 11) is 0. The molecule has 0 aromatic heterocycles. The van der Waals surface area contributed by atoms with E-state index in [1.54, 1.807) is 12.1 Å². The minimum absolute atomic E-state index is 0.0482. The Kier molecular flexibility index (Phi) is 4.25. The Balaban J connectivity index is 1.44. The SMILES string of the molecule is CC1(C)C(=O)Nc2ccc(C(=O)NC3CCC(c4ccc(F)cc4)C3)cc21. The predicted molar refractivity (Wildman–Crippen MR) is 102 cm³/mol. The van der Waals surface area contributed by atoms with Crippen LogP contribution in [0, 0.1) is 5.82 Å². The summed E-state index contributed by atoms with van der Waals surface area (Å²) >= 11 is 0. The smallest absolute Gasteiger partial charge is 0.251 e. The van der Waals surface area contributed by atoms with E-state index < -0.39 is 5.41 Å². The Labute approximate surface area is 158 Å². The number of hydrogen-bond donors (Lipinski definition) is 2. The van der Waals surface area contributed by atoms with E-state index in [9.17, 15) is 14.0 Å². The number of nitrogens with one attached hydrogen (secondary N) is 2. The quantitative estimate of drug-likeness (QED) is 0.858. The van der Waals surface area contributed by atoms with Gasteiger partial charge in [0.15, 0.2) is 0 Å². The van der Waals surface area contributed by atoms with Crippen molar-refractivity contribution in [3.8, 4) is 0 Å². The van der Waals surface area contributed by atoms with Crippen LogP contribution in [0.15, 0.2) is 42.5 Å². The van der Waals surface area contributed by atoms with Gasteiger partial charge in [0.25, 0.3) is 5.91 Å². The first-order valence-corrected chi connectivity index (χ1v) is 9.37. The van der Waals surface area contributed by atoms with Crippen LogP contribution >= 0.6 is 0 Å². The van der Waals surface area contributed by atoms with Gasteiger partial charge in [0.2, 0.25) is 5.91 Å². The average molecular weight is 366 g/mol. The standard InChI is InChI=1S/C22H23FN2O2/c1-22(2)18-12-15(6-10-19(18)25-21(22)27)20(26)24-17-9-5-14(11-17)13-3-7-16(23)8-4-13/h3-4,6-8,10,12,14,17H,5,9,11H2,1-2H3,(H,24,26)(H,25,27). The van der Waals surface area contributed by atoms with Crippen LogP contribution in [0.3, 0.4) is 0 Å². The number of fused-ring (bicyclic) bond motifs is 1. The second kappa shape index (κ2) is 6.48. The number of carbonyl (C=O) groups is 2. The molecule has 4 rings (SSSR count). The number of carbonyl (C=O) groups excluding carboxylic acids is 2. The molecule has 2 atom stereocenters. The molecule has 140 valence electrons. The maximum Gasteiger partial charge on any atom is 0.251 e. The molecule has 2 aromatic rings. The Morgan fingerprint density at radius 3 is 2.63 bits per heavy atom. The van der Waals surface area contributed by atoms with Gasteiger partial charge in [-0.3, -0.25) is 9.59 Å². The van der Waals surface area contributed by atoms with Crippen molar-refractivity contribution in [3.05, 3.63) is 65.0 Å². The second-order valence-electron chi connectivity index (χ2n) is 8.07. The van der Waals surface area contributed by atoms with Crippen molar-refractivity contribution in [2.45, 2.75) is 50.5 Å². The molecule has 0 saturated heterocycles. The summed E-state index contributed by atoms with van der Waals surface area (Å²) < 4.78 is 13.1. The first-order chi connectivity index (χ1) is 12.8. The Bertz CT molecular complexity index is 905. The lowest BCUT2D eigenvalue weighted by atomic mass is 9.85. The van der Waals surface area contributed by atoms with Crippen LogP contribution in [0.1, 0.15) is 60.5 Å². The molecule has 5 heteroatoms. The van der Waals surface area contributed by atoms with E-state index in [1.165, 1.54) is 12.1 Å². The van der Waals surface area contributed by atoms with Crippen molar-refractivity contribution in [3.63, 3.8) is 0 Å². The minimum Gasteiger partial charge on any atom is -0.349 e. The third kappa shape index (κ3) is 3.22. The molecule has 2 amide bonds. The van der Waals surface area contributed by atoms with E-state index in [0.29, 0.717) is 11.5 Å². The molecule has 2 aliphatic rings. The summed E-state index contributed by atoms with van der Waals surface area (Å²) in [6.45, 7) is 3.72. The highest BCUT2D eigenvalue weighted by Gasteiger charge is 2.38. The van der Waals surface area contributed by atoms with Crippen molar-refractivity contribution in [1.82, 2.24) is 5.32 Å². The zero-order chi connectivity index (χ0) is 19.2. The average Bonchev–Trinajstić information content (AvgIpc) is 3.18. The van der Waals surface area contributed by atoms with Crippen molar-refractivity contribution >= 4 is 17.5 Å². The maximum absolute atomic E-state index is 13.1. The van der Waals surface area contributed by atoms with E-state index in [2.05, 4.69) is 10.6 Å². The van der Waals surface area contributed by atoms with Crippen LogP contribution < -0.4 is 10.6 Å². The fourth-order valence-electron chi connectivity index (χ4n) is 4.13. The molecule has 4 nitrogen and oxygen atoms in total. The highest BCUT2D eigenvalue weighted by molar-refractivity contribution is 6.07. The third-order valence-electron chi connectivity index (χ3n) is 5.88. The van der Waals surface area contributed by atoms with E-state index in [-0.39, 0.29) is 23.7 Å². The van der Waals surface area contributed by atoms with Crippen molar-refractivity contribution in [2.24, 2.45) is 0 Å². The van der Waals surface area contributed by atoms with Crippen molar-refractivity contribution in [1.29, 1.82) is 0 Å². The molecule has 1 aliphatic heterocycles. The molecule has 1 heterocycles. The van der Waals surface area contributed by atoms with Crippen LogP contribution in [0.25, 0.3) is 0 Å². The van der Waals surface area contributed by atoms with Gasteiger partial charge in [-0.05, 0) is 80.5 Å². The molecule has 1 aliphatic carbocycles. The van der Waals surface area contributed by atoms with Crippen LogP contribution in [0.5, 0.6) is 0 Å². The molecule has 1 saturated carbocycles. The summed E-state index contributed by atoms with van der Waals surface area (Å²) in [5.74, 6) is -0.0449. The van der Waals surface area contributed by atoms with Gasteiger partial charge in [-0.25, -0.2) is 4.39 Å². The number of amides is 2. The second-order valence-corrected chi connectivity index (χ2v) is 8.07. The molecular weight excluding hydrogens is 343 g/mol. The molecular formula is C22H23FN2O2. The van der Waals surface area contributed by atoms with Gasteiger partial charge in [-0.15, -0.1) is 0 Å². The molecule has 2 aromatic carbocycles. The first kappa shape index (κ1) is 17.7. The molecule has 0 bridgehead atoms. The summed E-state index contributed by atoms with van der Waals surface area (Å²) in [6, 6.07) is 12.1. The largest absolute Gasteiger partial charge is 0.349 e. The highest BCUT2D eigenvalue weighted by Crippen LogP contribution is 2.38. The monoisotopic (exact) mass is 366 g/mol. The van der Waals surface area contributed by atoms with E-state index >= 15 is 0 Å². The van der Waals surface area contributed by atoms with E-state index in [1.807, 2.05) is 32.0 Å². The van der Waals surface area contributed by atoms with Crippen LogP contribution in [0.4, 0.5) is 10.1 Å². The summed E-state index contributed by atoms with van der Waals surface area (Å²) in [6.07, 6.45) is 2.74. The van der Waals surface area contributed by atoms with Crippen LogP contribution in [-0.4, -0.2) is 17.9 Å². The zero-order valence-corrected chi connectivity index (χ0v) is 15.5. The fraction of sp³-hybridized carbons (Fsp3) is 0.364. The van der Waals surface area contributed by atoms with E-state index in [0.717, 1.165) is 36.1 Å². The molecule has 27 heavy (non-hydrogen) atoms. The lowest BCUT2D eigenvalue weighted by molar-refractivity contribution is -0.119. The summed E-state index contributed by atoms with van der Waals surface area (Å²) in [5, 5.41) is 5.98. The van der Waals surface area contributed by atoms with E-state index in [4.69, 9.17) is 0 Å². The first-order valence-electron chi connectivity index (χ1n) is 9.37. The van der Waals surface area contributed by atoms with Gasteiger partial charge in [-0.1, -0.05) is 12.1 Å². The molecule has 2 unspecified atom stereocenters. The Morgan fingerprint density at radius 1 is 1.15 bits per heavy atom. The Morgan fingerprint density at radius 2 is 1.89 bits per heavy atom. The third-order valence-corrected chi connectivity index (χ3v) is 5.88. The number of benzene rings is 2. The van der Waals surface area contributed by atoms with Gasteiger partial charge in [0.05, 0.1) is 5.41 Å². The highest BCUT2D eigenvalue weighted by atomic mass is 19.1. The minimum atomic E-state index is -0.632. The lowest BCUT2D eigenvalue weighted by Gasteiger charge is -2.17. The van der Waals surface area contributed by atoms with Gasteiger partial charge in [-0.2, -0.15) is 0 Å². The van der Waals surface area contributed by atoms with Crippen LogP contribution in [0.2, 0.25) is 0 Å². The number of anilines is 1. The number of rotatable bonds is 3. The normalized spacial score (nSPS) is 23.0. The number of halogens is 1. The van der Waals surface area contributed by atoms with Gasteiger partial charge >= 0.3 is 0 Å². The predicted octanol–water partition coefficient (Wildman–Crippen LogP) is 4.12. The van der Waals surface area contributed by atoms with Gasteiger partial charge < -0.3 is 10.6 Å². The lowest BCUT2D eigenvalue weighted by Crippen LogP contribution is -2.33. The molecule has 1 fully saturated rings. The van der Waals surface area contributed by atoms with Crippen molar-refractivity contribution < 1.29 is 14.0 Å². The maximum atomic E-state index is 13.1. The topological polar surface area (TPSA) is 58.2 Å².